The van der Waals surface area contributed by atoms with Crippen LogP contribution in [0.4, 0.5) is 11.4 Å². The second kappa shape index (κ2) is 6.31. The smallest absolute Gasteiger partial charge is 0.221 e. The van der Waals surface area contributed by atoms with Gasteiger partial charge in [-0.15, -0.1) is 0 Å². The summed E-state index contributed by atoms with van der Waals surface area (Å²) in [5, 5.41) is 7.09. The van der Waals surface area contributed by atoms with Crippen LogP contribution in [0.1, 0.15) is 33.6 Å². The maximum Gasteiger partial charge on any atom is 0.221 e. The van der Waals surface area contributed by atoms with Crippen molar-refractivity contribution in [2.75, 3.05) is 16.4 Å². The van der Waals surface area contributed by atoms with Crippen LogP contribution in [0.25, 0.3) is 0 Å². The molecular formula is C15H21N3OS. The van der Waals surface area contributed by atoms with Crippen LogP contribution in [-0.2, 0) is 4.79 Å². The number of anilines is 2. The zero-order valence-corrected chi connectivity index (χ0v) is 13.0. The predicted octanol–water partition coefficient (Wildman–Crippen LogP) is 3.72. The van der Waals surface area contributed by atoms with Gasteiger partial charge in [0.15, 0.2) is 5.17 Å². The Morgan fingerprint density at radius 3 is 2.35 bits per heavy atom. The molecule has 1 aromatic rings. The summed E-state index contributed by atoms with van der Waals surface area (Å²) in [6.07, 6.45) is 2.15. The van der Waals surface area contributed by atoms with Crippen LogP contribution in [0.3, 0.4) is 0 Å². The summed E-state index contributed by atoms with van der Waals surface area (Å²) in [5.74, 6) is 0.990. The van der Waals surface area contributed by atoms with Gasteiger partial charge in [0.25, 0.3) is 0 Å². The van der Waals surface area contributed by atoms with E-state index in [1.54, 1.807) is 11.8 Å². The summed E-state index contributed by atoms with van der Waals surface area (Å²) in [7, 11) is 0. The number of carbonyl (C=O) groups excluding carboxylic acids is 1. The van der Waals surface area contributed by atoms with Crippen LogP contribution in [-0.4, -0.2) is 22.4 Å². The molecule has 0 spiro atoms. The van der Waals surface area contributed by atoms with Crippen LogP contribution < -0.4 is 10.6 Å². The zero-order valence-electron chi connectivity index (χ0n) is 12.2. The van der Waals surface area contributed by atoms with Gasteiger partial charge >= 0.3 is 0 Å². The molecule has 1 aliphatic heterocycles. The molecular weight excluding hydrogens is 270 g/mol. The van der Waals surface area contributed by atoms with E-state index < -0.39 is 0 Å². The van der Waals surface area contributed by atoms with Gasteiger partial charge in [-0.25, -0.2) is 0 Å². The van der Waals surface area contributed by atoms with E-state index >= 15 is 0 Å². The number of amides is 1. The molecule has 1 aromatic carbocycles. The Balaban J connectivity index is 2.02. The van der Waals surface area contributed by atoms with E-state index in [2.05, 4.69) is 24.5 Å². The maximum absolute atomic E-state index is 11.0. The van der Waals surface area contributed by atoms with E-state index in [1.165, 1.54) is 6.92 Å². The summed E-state index contributed by atoms with van der Waals surface area (Å²) in [6.45, 7) is 5.89. The Hall–Kier alpha value is -1.49. The lowest BCUT2D eigenvalue weighted by molar-refractivity contribution is -0.114. The maximum atomic E-state index is 11.0. The van der Waals surface area contributed by atoms with Crippen molar-refractivity contribution in [1.29, 1.82) is 0 Å². The molecule has 20 heavy (non-hydrogen) atoms. The first-order chi connectivity index (χ1) is 9.57. The van der Waals surface area contributed by atoms with Gasteiger partial charge in [0.05, 0.1) is 5.54 Å². The first kappa shape index (κ1) is 14.9. The second-order valence-corrected chi connectivity index (χ2v) is 5.98. The van der Waals surface area contributed by atoms with Gasteiger partial charge < -0.3 is 10.6 Å². The summed E-state index contributed by atoms with van der Waals surface area (Å²) in [6, 6.07) is 7.67. The molecule has 4 nitrogen and oxygen atoms in total. The van der Waals surface area contributed by atoms with Crippen LogP contribution in [0.2, 0.25) is 0 Å². The summed E-state index contributed by atoms with van der Waals surface area (Å²) in [4.78, 5) is 15.8. The van der Waals surface area contributed by atoms with E-state index in [1.807, 2.05) is 24.3 Å². The molecule has 5 heteroatoms. The highest BCUT2D eigenvalue weighted by atomic mass is 32.2. The van der Waals surface area contributed by atoms with Gasteiger partial charge in [-0.2, -0.15) is 0 Å². The molecule has 0 saturated heterocycles. The topological polar surface area (TPSA) is 53.5 Å². The van der Waals surface area contributed by atoms with E-state index in [-0.39, 0.29) is 11.4 Å². The number of benzene rings is 1. The minimum Gasteiger partial charge on any atom is -0.335 e. The second-order valence-electron chi connectivity index (χ2n) is 5.02. The Morgan fingerprint density at radius 2 is 1.85 bits per heavy atom. The average molecular weight is 291 g/mol. The van der Waals surface area contributed by atoms with Gasteiger partial charge in [0.1, 0.15) is 0 Å². The molecule has 0 bridgehead atoms. The van der Waals surface area contributed by atoms with Crippen LogP contribution >= 0.6 is 11.8 Å². The monoisotopic (exact) mass is 291 g/mol. The average Bonchev–Trinajstić information content (AvgIpc) is 2.84. The first-order valence-electron chi connectivity index (χ1n) is 6.94. The van der Waals surface area contributed by atoms with E-state index in [9.17, 15) is 4.79 Å². The molecule has 108 valence electrons. The molecule has 0 saturated carbocycles. The number of nitrogens with one attached hydrogen (secondary N) is 2. The number of hydrogen-bond donors (Lipinski definition) is 2. The molecule has 0 aliphatic carbocycles. The third-order valence-corrected chi connectivity index (χ3v) is 4.74. The summed E-state index contributed by atoms with van der Waals surface area (Å²) < 4.78 is 0. The highest BCUT2D eigenvalue weighted by Gasteiger charge is 2.31. The number of rotatable bonds is 4. The summed E-state index contributed by atoms with van der Waals surface area (Å²) in [5.41, 5.74) is 1.90. The van der Waals surface area contributed by atoms with Gasteiger partial charge in [-0.05, 0) is 37.1 Å². The molecule has 2 rings (SSSR count). The quantitative estimate of drug-likeness (QED) is 0.889. The number of nitrogens with zero attached hydrogens (tertiary/aromatic N) is 1. The molecule has 1 heterocycles. The molecule has 0 fully saturated rings. The lowest BCUT2D eigenvalue weighted by atomic mass is 9.97. The van der Waals surface area contributed by atoms with Crippen molar-refractivity contribution in [3.05, 3.63) is 24.3 Å². The van der Waals surface area contributed by atoms with Crippen molar-refractivity contribution >= 4 is 34.2 Å². The van der Waals surface area contributed by atoms with Crippen LogP contribution in [0, 0.1) is 0 Å². The van der Waals surface area contributed by atoms with Crippen LogP contribution in [0.5, 0.6) is 0 Å². The fraction of sp³-hybridized carbons (Fsp3) is 0.467. The van der Waals surface area contributed by atoms with E-state index in [0.717, 1.165) is 35.1 Å². The first-order valence-corrected chi connectivity index (χ1v) is 7.93. The normalized spacial score (nSPS) is 16.6. The third-order valence-electron chi connectivity index (χ3n) is 3.59. The molecule has 0 radical (unpaired) electrons. The lowest BCUT2D eigenvalue weighted by Crippen LogP contribution is -2.24. The minimum atomic E-state index is -0.0582. The molecule has 1 amide bonds. The fourth-order valence-electron chi connectivity index (χ4n) is 2.12. The number of carbonyl (C=O) groups is 1. The Bertz CT molecular complexity index is 506. The lowest BCUT2D eigenvalue weighted by Gasteiger charge is -2.20. The van der Waals surface area contributed by atoms with Crippen molar-refractivity contribution in [2.45, 2.75) is 39.2 Å². The number of thioether (sulfide) groups is 1. The largest absolute Gasteiger partial charge is 0.335 e. The predicted molar refractivity (Wildman–Crippen MR) is 87.6 cm³/mol. The highest BCUT2D eigenvalue weighted by molar-refractivity contribution is 8.14. The van der Waals surface area contributed by atoms with Gasteiger partial charge in [0, 0.05) is 24.1 Å². The fourth-order valence-corrected chi connectivity index (χ4v) is 3.45. The molecule has 0 atom stereocenters. The number of amidine groups is 1. The van der Waals surface area contributed by atoms with E-state index in [0.29, 0.717) is 0 Å². The molecule has 2 N–H and O–H groups in total. The third kappa shape index (κ3) is 3.54. The molecule has 0 aromatic heterocycles. The Morgan fingerprint density at radius 1 is 1.25 bits per heavy atom. The molecule has 0 unspecified atom stereocenters. The van der Waals surface area contributed by atoms with Gasteiger partial charge in [0.2, 0.25) is 5.91 Å². The van der Waals surface area contributed by atoms with Gasteiger partial charge in [-0.3, -0.25) is 9.79 Å². The Labute approximate surface area is 124 Å². The van der Waals surface area contributed by atoms with Crippen molar-refractivity contribution in [2.24, 2.45) is 4.99 Å². The standard InChI is InChI=1S/C15H21N3OS/c1-4-15(5-2)10-20-14(18-15)17-13-8-6-12(7-9-13)16-11(3)19/h6-9H,4-5,10H2,1-3H3,(H,16,19)(H,17,18). The SMILES string of the molecule is CCC1(CC)CSC(Nc2ccc(NC(C)=O)cc2)=N1. The number of hydrogen-bond acceptors (Lipinski definition) is 4. The van der Waals surface area contributed by atoms with Gasteiger partial charge in [-0.1, -0.05) is 25.6 Å². The Kier molecular flexibility index (Phi) is 4.70. The molecule has 1 aliphatic rings. The van der Waals surface area contributed by atoms with Crippen molar-refractivity contribution < 1.29 is 4.79 Å². The van der Waals surface area contributed by atoms with Crippen molar-refractivity contribution in [3.63, 3.8) is 0 Å². The number of aliphatic imine (C=N–C) groups is 1. The van der Waals surface area contributed by atoms with Crippen molar-refractivity contribution in [1.82, 2.24) is 0 Å². The minimum absolute atomic E-state index is 0.0582. The van der Waals surface area contributed by atoms with E-state index in [4.69, 9.17) is 4.99 Å². The summed E-state index contributed by atoms with van der Waals surface area (Å²) >= 11 is 1.78. The zero-order chi connectivity index (χ0) is 14.6. The van der Waals surface area contributed by atoms with Crippen molar-refractivity contribution in [3.8, 4) is 0 Å². The van der Waals surface area contributed by atoms with Crippen LogP contribution in [0.15, 0.2) is 29.3 Å². The highest BCUT2D eigenvalue weighted by Crippen LogP contribution is 2.33.